The van der Waals surface area contributed by atoms with Crippen molar-refractivity contribution in [2.45, 2.75) is 36.9 Å². The van der Waals surface area contributed by atoms with Crippen molar-refractivity contribution in [1.82, 2.24) is 0 Å². The fourth-order valence-corrected chi connectivity index (χ4v) is 3.45. The summed E-state index contributed by atoms with van der Waals surface area (Å²) in [5, 5.41) is 30.9. The number of nitrogens with two attached hydrogens (primary N) is 1. The summed E-state index contributed by atoms with van der Waals surface area (Å²) in [5.74, 6) is -0.178. The molecule has 1 heterocycles. The number of primary amides is 1. The number of carbonyl (C=O) groups is 1. The fraction of sp³-hybridized carbons (Fsp3) is 0.350. The molecule has 3 rings (SSSR count). The Kier molecular flexibility index (Phi) is 6.22. The second-order valence-electron chi connectivity index (χ2n) is 6.73. The predicted molar refractivity (Wildman–Crippen MR) is 102 cm³/mol. The van der Waals surface area contributed by atoms with Gasteiger partial charge in [-0.2, -0.15) is 0 Å². The van der Waals surface area contributed by atoms with E-state index >= 15 is 0 Å². The summed E-state index contributed by atoms with van der Waals surface area (Å²) in [7, 11) is 1.59. The number of aliphatic hydroxyl groups excluding tert-OH is 3. The molecular formula is C20H22ClNO6. The molecule has 1 amide bonds. The molecule has 5 unspecified atom stereocenters. The number of hydrogen-bond acceptors (Lipinski definition) is 6. The van der Waals surface area contributed by atoms with Crippen molar-refractivity contribution < 1.29 is 29.6 Å². The lowest BCUT2D eigenvalue weighted by Crippen LogP contribution is -2.58. The molecule has 0 aliphatic carbocycles. The van der Waals surface area contributed by atoms with E-state index in [1.54, 1.807) is 25.3 Å². The smallest absolute Gasteiger partial charge is 0.249 e. The molecule has 8 heteroatoms. The third-order valence-corrected chi connectivity index (χ3v) is 5.21. The molecule has 0 spiro atoms. The maximum Gasteiger partial charge on any atom is 0.249 e. The van der Waals surface area contributed by atoms with E-state index in [2.05, 4.69) is 0 Å². The van der Waals surface area contributed by atoms with E-state index in [1.165, 1.54) is 0 Å². The van der Waals surface area contributed by atoms with Crippen molar-refractivity contribution in [3.8, 4) is 5.75 Å². The highest BCUT2D eigenvalue weighted by Gasteiger charge is 2.46. The number of hydrogen-bond donors (Lipinski definition) is 4. The van der Waals surface area contributed by atoms with Gasteiger partial charge in [-0.25, -0.2) is 0 Å². The van der Waals surface area contributed by atoms with Crippen LogP contribution in [-0.4, -0.2) is 52.8 Å². The number of halogens is 1. The Hall–Kier alpha value is -2.16. The monoisotopic (exact) mass is 407 g/mol. The van der Waals surface area contributed by atoms with Gasteiger partial charge < -0.3 is 30.5 Å². The first-order valence-corrected chi connectivity index (χ1v) is 9.10. The van der Waals surface area contributed by atoms with Crippen LogP contribution in [0.4, 0.5) is 0 Å². The number of ether oxygens (including phenoxy) is 2. The zero-order valence-corrected chi connectivity index (χ0v) is 15.9. The highest BCUT2D eigenvalue weighted by Crippen LogP contribution is 2.34. The molecule has 2 aromatic carbocycles. The molecular weight excluding hydrogens is 386 g/mol. The van der Waals surface area contributed by atoms with E-state index in [-0.39, 0.29) is 0 Å². The van der Waals surface area contributed by atoms with Crippen molar-refractivity contribution in [3.05, 3.63) is 64.2 Å². The Balaban J connectivity index is 1.88. The number of amides is 1. The van der Waals surface area contributed by atoms with Crippen LogP contribution in [0, 0.1) is 0 Å². The summed E-state index contributed by atoms with van der Waals surface area (Å²) < 4.78 is 10.7. The van der Waals surface area contributed by atoms with Gasteiger partial charge in [0.2, 0.25) is 5.91 Å². The molecule has 0 aromatic heterocycles. The van der Waals surface area contributed by atoms with Gasteiger partial charge in [0, 0.05) is 5.02 Å². The fourth-order valence-electron chi connectivity index (χ4n) is 3.26. The van der Waals surface area contributed by atoms with Crippen molar-refractivity contribution in [3.63, 3.8) is 0 Å². The molecule has 2 aromatic rings. The van der Waals surface area contributed by atoms with Gasteiger partial charge in [0.1, 0.15) is 30.2 Å². The summed E-state index contributed by atoms with van der Waals surface area (Å²) in [6.45, 7) is 0. The van der Waals surface area contributed by atoms with Crippen molar-refractivity contribution in [1.29, 1.82) is 0 Å². The number of carbonyl (C=O) groups excluding carboxylic acids is 1. The van der Waals surface area contributed by atoms with Crippen LogP contribution in [0.15, 0.2) is 42.5 Å². The minimum atomic E-state index is -1.60. The number of rotatable bonds is 5. The minimum Gasteiger partial charge on any atom is -0.497 e. The van der Waals surface area contributed by atoms with Crippen LogP contribution >= 0.6 is 11.6 Å². The molecule has 5 atom stereocenters. The summed E-state index contributed by atoms with van der Waals surface area (Å²) in [6.07, 6.45) is -6.55. The second-order valence-corrected chi connectivity index (χ2v) is 7.13. The Morgan fingerprint density at radius 2 is 1.79 bits per heavy atom. The van der Waals surface area contributed by atoms with E-state index in [9.17, 15) is 20.1 Å². The van der Waals surface area contributed by atoms with E-state index in [0.29, 0.717) is 17.0 Å². The van der Waals surface area contributed by atoms with Crippen molar-refractivity contribution in [2.24, 2.45) is 5.73 Å². The summed E-state index contributed by atoms with van der Waals surface area (Å²) in [6, 6.07) is 12.5. The molecule has 0 radical (unpaired) electrons. The first-order valence-electron chi connectivity index (χ1n) is 8.72. The number of methoxy groups -OCH3 is 1. The van der Waals surface area contributed by atoms with Crippen LogP contribution < -0.4 is 10.5 Å². The average molecular weight is 408 g/mol. The van der Waals surface area contributed by atoms with Crippen LogP contribution in [0.3, 0.4) is 0 Å². The summed E-state index contributed by atoms with van der Waals surface area (Å²) >= 11 is 6.32. The average Bonchev–Trinajstić information content (AvgIpc) is 2.68. The van der Waals surface area contributed by atoms with E-state index in [4.69, 9.17) is 26.8 Å². The summed E-state index contributed by atoms with van der Waals surface area (Å²) in [4.78, 5) is 11.5. The Bertz CT molecular complexity index is 843. The summed E-state index contributed by atoms with van der Waals surface area (Å²) in [5.41, 5.74) is 7.52. The van der Waals surface area contributed by atoms with Crippen LogP contribution in [-0.2, 0) is 16.0 Å². The van der Waals surface area contributed by atoms with E-state index in [1.807, 2.05) is 24.3 Å². The molecule has 28 heavy (non-hydrogen) atoms. The topological polar surface area (TPSA) is 122 Å². The molecule has 1 aliphatic rings. The molecule has 1 fully saturated rings. The molecule has 150 valence electrons. The first kappa shape index (κ1) is 20.6. The minimum absolute atomic E-state index is 0.512. The van der Waals surface area contributed by atoms with Gasteiger partial charge in [0.15, 0.2) is 6.10 Å². The predicted octanol–water partition coefficient (Wildman–Crippen LogP) is 0.947. The van der Waals surface area contributed by atoms with E-state index in [0.717, 1.165) is 16.9 Å². The van der Waals surface area contributed by atoms with Gasteiger partial charge in [0.25, 0.3) is 0 Å². The zero-order valence-electron chi connectivity index (χ0n) is 15.2. The van der Waals surface area contributed by atoms with E-state index < -0.39 is 36.4 Å². The van der Waals surface area contributed by atoms with Crippen LogP contribution in [0.25, 0.3) is 0 Å². The Labute approximate surface area is 167 Å². The largest absolute Gasteiger partial charge is 0.497 e. The maximum atomic E-state index is 11.5. The first-order chi connectivity index (χ1) is 13.3. The molecule has 1 saturated heterocycles. The van der Waals surface area contributed by atoms with Crippen molar-refractivity contribution in [2.75, 3.05) is 7.11 Å². The standard InChI is InChI=1S/C20H22ClNO6/c1-27-13-5-2-10(3-6-13)8-12-9-11(4-7-14(12)21)18-16(24)15(23)17(25)19(28-18)20(22)26/h2-7,9,15-19,23-25H,8H2,1H3,(H2,22,26). The highest BCUT2D eigenvalue weighted by molar-refractivity contribution is 6.31. The second kappa shape index (κ2) is 8.46. The van der Waals surface area contributed by atoms with Gasteiger partial charge >= 0.3 is 0 Å². The lowest BCUT2D eigenvalue weighted by molar-refractivity contribution is -0.221. The number of aliphatic hydroxyl groups is 3. The third kappa shape index (κ3) is 4.14. The Morgan fingerprint density at radius 1 is 1.11 bits per heavy atom. The quantitative estimate of drug-likeness (QED) is 0.585. The van der Waals surface area contributed by atoms with Gasteiger partial charge in [-0.05, 0) is 41.3 Å². The molecule has 7 nitrogen and oxygen atoms in total. The maximum absolute atomic E-state index is 11.5. The van der Waals surface area contributed by atoms with Gasteiger partial charge in [0.05, 0.1) is 7.11 Å². The Morgan fingerprint density at radius 3 is 2.39 bits per heavy atom. The SMILES string of the molecule is COc1ccc(Cc2cc(C3OC(C(N)=O)C(O)C(O)C3O)ccc2Cl)cc1. The van der Waals surface area contributed by atoms with Crippen LogP contribution in [0.2, 0.25) is 5.02 Å². The van der Waals surface area contributed by atoms with Gasteiger partial charge in [-0.15, -0.1) is 0 Å². The highest BCUT2D eigenvalue weighted by atomic mass is 35.5. The van der Waals surface area contributed by atoms with Gasteiger partial charge in [-0.3, -0.25) is 4.79 Å². The molecule has 0 saturated carbocycles. The number of benzene rings is 2. The van der Waals surface area contributed by atoms with Crippen LogP contribution in [0.5, 0.6) is 5.75 Å². The van der Waals surface area contributed by atoms with Crippen LogP contribution in [0.1, 0.15) is 22.8 Å². The van der Waals surface area contributed by atoms with Gasteiger partial charge in [-0.1, -0.05) is 35.9 Å². The lowest BCUT2D eigenvalue weighted by atomic mass is 9.89. The zero-order chi connectivity index (χ0) is 20.4. The molecule has 0 bridgehead atoms. The lowest BCUT2D eigenvalue weighted by Gasteiger charge is -2.39. The van der Waals surface area contributed by atoms with Crippen molar-refractivity contribution >= 4 is 17.5 Å². The molecule has 1 aliphatic heterocycles. The molecule has 5 N–H and O–H groups in total. The third-order valence-electron chi connectivity index (χ3n) is 4.85. The normalized spacial score (nSPS) is 27.4.